The van der Waals surface area contributed by atoms with E-state index in [0.717, 1.165) is 78.3 Å². The molecule has 2 aliphatic carbocycles. The van der Waals surface area contributed by atoms with E-state index in [9.17, 15) is 9.59 Å². The van der Waals surface area contributed by atoms with E-state index in [4.69, 9.17) is 11.6 Å². The van der Waals surface area contributed by atoms with Crippen LogP contribution in [0.3, 0.4) is 0 Å². The fourth-order valence-corrected chi connectivity index (χ4v) is 7.99. The Labute approximate surface area is 257 Å². The van der Waals surface area contributed by atoms with Gasteiger partial charge in [-0.3, -0.25) is 14.6 Å². The first-order chi connectivity index (χ1) is 20.5. The van der Waals surface area contributed by atoms with Gasteiger partial charge in [-0.15, -0.1) is 11.3 Å². The summed E-state index contributed by atoms with van der Waals surface area (Å²) < 4.78 is 1.03. The molecule has 0 aliphatic heterocycles. The van der Waals surface area contributed by atoms with Crippen molar-refractivity contribution in [2.75, 3.05) is 6.54 Å². The molecule has 0 spiro atoms. The van der Waals surface area contributed by atoms with Gasteiger partial charge < -0.3 is 9.80 Å². The Morgan fingerprint density at radius 1 is 0.881 bits per heavy atom. The molecule has 42 heavy (non-hydrogen) atoms. The van der Waals surface area contributed by atoms with Crippen molar-refractivity contribution in [2.45, 2.75) is 76.9 Å². The highest BCUT2D eigenvalue weighted by Crippen LogP contribution is 2.38. The number of aromatic nitrogens is 1. The standard InChI is InChI=1S/C35H38ClN3O2S/c1-2-21-38(34(40)26-8-6-9-26)28-13-15-29(16-14-28)39(35(41)33-32(36)30-11-3-4-12-31(30)42-33)23-24-7-5-10-27(22-24)25-17-19-37-20-18-25/h3-5,7,10-12,17-20,22,26,28-29H,2,6,8-9,13-16,21,23H2,1H3. The number of hydrogen-bond donors (Lipinski definition) is 0. The fraction of sp³-hybridized carbons (Fsp3) is 0.400. The number of carbonyl (C=O) groups excluding carboxylic acids is 2. The molecule has 0 radical (unpaired) electrons. The number of benzene rings is 2. The lowest BCUT2D eigenvalue weighted by atomic mass is 9.82. The molecular formula is C35H38ClN3O2S. The molecule has 218 valence electrons. The van der Waals surface area contributed by atoms with E-state index in [-0.39, 0.29) is 23.9 Å². The maximum absolute atomic E-state index is 14.3. The third-order valence-electron chi connectivity index (χ3n) is 9.03. The molecule has 0 N–H and O–H groups in total. The third-order valence-corrected chi connectivity index (χ3v) is 10.7. The molecule has 2 aromatic heterocycles. The zero-order valence-electron chi connectivity index (χ0n) is 24.2. The summed E-state index contributed by atoms with van der Waals surface area (Å²) in [5.74, 6) is 0.564. The van der Waals surface area contributed by atoms with Crippen molar-refractivity contribution in [3.63, 3.8) is 0 Å². The molecule has 7 heteroatoms. The van der Waals surface area contributed by atoms with Gasteiger partial charge in [0.1, 0.15) is 4.88 Å². The average molecular weight is 600 g/mol. The average Bonchev–Trinajstić information content (AvgIpc) is 3.34. The normalized spacial score (nSPS) is 18.9. The minimum Gasteiger partial charge on any atom is -0.339 e. The monoisotopic (exact) mass is 599 g/mol. The number of pyridine rings is 1. The number of amides is 2. The summed E-state index contributed by atoms with van der Waals surface area (Å²) in [4.78, 5) is 36.6. The number of rotatable bonds is 9. The van der Waals surface area contributed by atoms with Gasteiger partial charge in [-0.2, -0.15) is 0 Å². The van der Waals surface area contributed by atoms with Crippen LogP contribution in [-0.4, -0.2) is 45.2 Å². The molecule has 0 unspecified atom stereocenters. The van der Waals surface area contributed by atoms with E-state index in [2.05, 4.69) is 46.0 Å². The van der Waals surface area contributed by atoms with Crippen molar-refractivity contribution in [1.29, 1.82) is 0 Å². The van der Waals surface area contributed by atoms with Crippen LogP contribution in [0.2, 0.25) is 5.02 Å². The number of carbonyl (C=O) groups is 2. The van der Waals surface area contributed by atoms with E-state index in [1.165, 1.54) is 17.8 Å². The number of fused-ring (bicyclic) bond motifs is 1. The Hall–Kier alpha value is -3.22. The minimum atomic E-state index is -0.00470. The van der Waals surface area contributed by atoms with E-state index in [1.54, 1.807) is 12.4 Å². The molecule has 2 heterocycles. The number of hydrogen-bond acceptors (Lipinski definition) is 4. The van der Waals surface area contributed by atoms with E-state index in [0.29, 0.717) is 22.4 Å². The predicted octanol–water partition coefficient (Wildman–Crippen LogP) is 8.61. The maximum atomic E-state index is 14.3. The zero-order valence-corrected chi connectivity index (χ0v) is 25.7. The fourth-order valence-electron chi connectivity index (χ4n) is 6.52. The predicted molar refractivity (Wildman–Crippen MR) is 172 cm³/mol. The van der Waals surface area contributed by atoms with Crippen molar-refractivity contribution in [1.82, 2.24) is 14.8 Å². The quantitative estimate of drug-likeness (QED) is 0.193. The first kappa shape index (κ1) is 28.9. The second kappa shape index (κ2) is 13.0. The summed E-state index contributed by atoms with van der Waals surface area (Å²) in [6.45, 7) is 3.49. The Bertz CT molecular complexity index is 1540. The first-order valence-electron chi connectivity index (χ1n) is 15.3. The molecule has 0 atom stereocenters. The van der Waals surface area contributed by atoms with Gasteiger partial charge in [0, 0.05) is 53.6 Å². The minimum absolute atomic E-state index is 0.00470. The van der Waals surface area contributed by atoms with Gasteiger partial charge in [0.25, 0.3) is 5.91 Å². The Balaban J connectivity index is 1.26. The Kier molecular flexibility index (Phi) is 8.92. The van der Waals surface area contributed by atoms with E-state index in [1.807, 2.05) is 36.4 Å². The molecule has 0 bridgehead atoms. The van der Waals surface area contributed by atoms with Crippen LogP contribution in [0.1, 0.15) is 73.5 Å². The molecule has 6 rings (SSSR count). The van der Waals surface area contributed by atoms with Crippen molar-refractivity contribution in [3.05, 3.63) is 88.5 Å². The summed E-state index contributed by atoms with van der Waals surface area (Å²) in [6, 6.07) is 20.8. The van der Waals surface area contributed by atoms with Gasteiger partial charge in [-0.1, -0.05) is 61.3 Å². The van der Waals surface area contributed by atoms with E-state index >= 15 is 0 Å². The van der Waals surface area contributed by atoms with Crippen LogP contribution < -0.4 is 0 Å². The highest BCUT2D eigenvalue weighted by Gasteiger charge is 2.37. The van der Waals surface area contributed by atoms with Crippen LogP contribution in [0.5, 0.6) is 0 Å². The van der Waals surface area contributed by atoms with Crippen molar-refractivity contribution in [2.24, 2.45) is 5.92 Å². The van der Waals surface area contributed by atoms with Crippen molar-refractivity contribution >= 4 is 44.8 Å². The molecule has 5 nitrogen and oxygen atoms in total. The molecule has 2 amide bonds. The highest BCUT2D eigenvalue weighted by molar-refractivity contribution is 7.21. The number of halogens is 1. The number of thiophene rings is 1. The molecule has 2 aromatic carbocycles. The molecular weight excluding hydrogens is 562 g/mol. The SMILES string of the molecule is CCCN(C(=O)C1CCC1)C1CCC(N(Cc2cccc(-c3ccncc3)c2)C(=O)c2sc3ccccc3c2Cl)CC1. The number of nitrogens with zero attached hydrogens (tertiary/aromatic N) is 3. The maximum Gasteiger partial charge on any atom is 0.266 e. The molecule has 2 saturated carbocycles. The van der Waals surface area contributed by atoms with Gasteiger partial charge in [0.15, 0.2) is 0 Å². The zero-order chi connectivity index (χ0) is 29.1. The lowest BCUT2D eigenvalue weighted by Crippen LogP contribution is -2.50. The molecule has 2 aliphatic rings. The van der Waals surface area contributed by atoms with Gasteiger partial charge >= 0.3 is 0 Å². The van der Waals surface area contributed by atoms with Gasteiger partial charge in [-0.25, -0.2) is 0 Å². The lowest BCUT2D eigenvalue weighted by Gasteiger charge is -2.42. The van der Waals surface area contributed by atoms with Crippen LogP contribution in [0, 0.1) is 5.92 Å². The molecule has 4 aromatic rings. The third kappa shape index (κ3) is 5.97. The van der Waals surface area contributed by atoms with E-state index < -0.39 is 0 Å². The largest absolute Gasteiger partial charge is 0.339 e. The van der Waals surface area contributed by atoms with Gasteiger partial charge in [0.2, 0.25) is 5.91 Å². The highest BCUT2D eigenvalue weighted by atomic mass is 35.5. The topological polar surface area (TPSA) is 53.5 Å². The molecule has 0 saturated heterocycles. The van der Waals surface area contributed by atoms with Gasteiger partial charge in [-0.05, 0) is 85.9 Å². The Morgan fingerprint density at radius 2 is 1.60 bits per heavy atom. The first-order valence-corrected chi connectivity index (χ1v) is 16.5. The smallest absolute Gasteiger partial charge is 0.266 e. The Morgan fingerprint density at radius 3 is 2.26 bits per heavy atom. The molecule has 2 fully saturated rings. The summed E-state index contributed by atoms with van der Waals surface area (Å²) >= 11 is 8.32. The van der Waals surface area contributed by atoms with Crippen molar-refractivity contribution < 1.29 is 9.59 Å². The summed E-state index contributed by atoms with van der Waals surface area (Å²) in [6.07, 6.45) is 11.4. The van der Waals surface area contributed by atoms with Crippen LogP contribution in [0.15, 0.2) is 73.1 Å². The summed E-state index contributed by atoms with van der Waals surface area (Å²) in [5.41, 5.74) is 3.30. The van der Waals surface area contributed by atoms with Crippen molar-refractivity contribution in [3.8, 4) is 11.1 Å². The second-order valence-electron chi connectivity index (χ2n) is 11.7. The van der Waals surface area contributed by atoms with Crippen LogP contribution >= 0.6 is 22.9 Å². The summed E-state index contributed by atoms with van der Waals surface area (Å²) in [7, 11) is 0. The summed E-state index contributed by atoms with van der Waals surface area (Å²) in [5, 5.41) is 1.48. The lowest BCUT2D eigenvalue weighted by molar-refractivity contribution is -0.141. The second-order valence-corrected chi connectivity index (χ2v) is 13.2. The van der Waals surface area contributed by atoms with Gasteiger partial charge in [0.05, 0.1) is 5.02 Å². The van der Waals surface area contributed by atoms with Crippen LogP contribution in [-0.2, 0) is 11.3 Å². The van der Waals surface area contributed by atoms with Crippen LogP contribution in [0.4, 0.5) is 0 Å². The van der Waals surface area contributed by atoms with Crippen LogP contribution in [0.25, 0.3) is 21.2 Å².